The molecule has 0 aromatic carbocycles. The Morgan fingerprint density at radius 3 is 2.69 bits per heavy atom. The minimum absolute atomic E-state index is 0.0619. The van der Waals surface area contributed by atoms with E-state index in [4.69, 9.17) is 18.9 Å². The molecular weight excluding hydrogens is 172 g/mol. The highest BCUT2D eigenvalue weighted by Gasteiger charge is 2.32. The molecule has 1 fully saturated rings. The standard InChI is InChI=1S/C9H18O4/c1-9(2)12-7-8(13-9)6-11-5-4-10-3/h8H,4-7H2,1-3H3. The fourth-order valence-corrected chi connectivity index (χ4v) is 1.20. The van der Waals surface area contributed by atoms with Crippen LogP contribution >= 0.6 is 0 Å². The van der Waals surface area contributed by atoms with Gasteiger partial charge in [0.2, 0.25) is 0 Å². The Morgan fingerprint density at radius 2 is 2.15 bits per heavy atom. The van der Waals surface area contributed by atoms with Crippen molar-refractivity contribution in [2.45, 2.75) is 25.7 Å². The van der Waals surface area contributed by atoms with Gasteiger partial charge in [0.05, 0.1) is 26.4 Å². The molecule has 0 saturated carbocycles. The second kappa shape index (κ2) is 4.91. The van der Waals surface area contributed by atoms with Crippen molar-refractivity contribution in [3.63, 3.8) is 0 Å². The van der Waals surface area contributed by atoms with Crippen molar-refractivity contribution in [2.24, 2.45) is 0 Å². The van der Waals surface area contributed by atoms with Crippen molar-refractivity contribution in [2.75, 3.05) is 33.5 Å². The lowest BCUT2D eigenvalue weighted by Crippen LogP contribution is -2.24. The van der Waals surface area contributed by atoms with Gasteiger partial charge in [-0.05, 0) is 13.8 Å². The third-order valence-corrected chi connectivity index (χ3v) is 1.80. The van der Waals surface area contributed by atoms with E-state index in [1.165, 1.54) is 0 Å². The predicted molar refractivity (Wildman–Crippen MR) is 47.6 cm³/mol. The Hall–Kier alpha value is -0.160. The molecule has 4 nitrogen and oxygen atoms in total. The summed E-state index contributed by atoms with van der Waals surface area (Å²) in [6.07, 6.45) is 0.0619. The molecule has 0 radical (unpaired) electrons. The maximum Gasteiger partial charge on any atom is 0.163 e. The fraction of sp³-hybridized carbons (Fsp3) is 1.00. The first-order valence-corrected chi connectivity index (χ1v) is 4.52. The minimum atomic E-state index is -0.449. The van der Waals surface area contributed by atoms with Gasteiger partial charge < -0.3 is 18.9 Å². The van der Waals surface area contributed by atoms with Gasteiger partial charge in [0.25, 0.3) is 0 Å². The largest absolute Gasteiger partial charge is 0.382 e. The lowest BCUT2D eigenvalue weighted by atomic mass is 10.4. The van der Waals surface area contributed by atoms with Crippen LogP contribution in [-0.4, -0.2) is 45.4 Å². The number of ether oxygens (including phenoxy) is 4. The summed E-state index contributed by atoms with van der Waals surface area (Å²) >= 11 is 0. The Bertz CT molecular complexity index is 147. The monoisotopic (exact) mass is 190 g/mol. The quantitative estimate of drug-likeness (QED) is 0.601. The Balaban J connectivity index is 2.04. The average molecular weight is 190 g/mol. The van der Waals surface area contributed by atoms with Crippen LogP contribution in [0.1, 0.15) is 13.8 Å². The third-order valence-electron chi connectivity index (χ3n) is 1.80. The van der Waals surface area contributed by atoms with Gasteiger partial charge in [0.1, 0.15) is 6.10 Å². The minimum Gasteiger partial charge on any atom is -0.382 e. The number of rotatable bonds is 5. The highest BCUT2D eigenvalue weighted by Crippen LogP contribution is 2.22. The summed E-state index contributed by atoms with van der Waals surface area (Å²) in [5, 5.41) is 0. The second-order valence-corrected chi connectivity index (χ2v) is 3.52. The van der Waals surface area contributed by atoms with Crippen molar-refractivity contribution < 1.29 is 18.9 Å². The van der Waals surface area contributed by atoms with Gasteiger partial charge in [0.15, 0.2) is 5.79 Å². The summed E-state index contributed by atoms with van der Waals surface area (Å²) in [6.45, 7) is 6.23. The highest BCUT2D eigenvalue weighted by molar-refractivity contribution is 4.69. The number of hydrogen-bond donors (Lipinski definition) is 0. The van der Waals surface area contributed by atoms with Crippen LogP contribution in [0.5, 0.6) is 0 Å². The van der Waals surface area contributed by atoms with Gasteiger partial charge in [-0.2, -0.15) is 0 Å². The zero-order valence-corrected chi connectivity index (χ0v) is 8.54. The van der Waals surface area contributed by atoms with Gasteiger partial charge in [-0.3, -0.25) is 0 Å². The van der Waals surface area contributed by atoms with E-state index < -0.39 is 5.79 Å². The predicted octanol–water partition coefficient (Wildman–Crippen LogP) is 0.801. The van der Waals surface area contributed by atoms with Crippen LogP contribution in [0.2, 0.25) is 0 Å². The van der Waals surface area contributed by atoms with Crippen LogP contribution in [0.15, 0.2) is 0 Å². The summed E-state index contributed by atoms with van der Waals surface area (Å²) < 4.78 is 21.1. The average Bonchev–Trinajstić information content (AvgIpc) is 2.40. The maximum absolute atomic E-state index is 5.54. The molecule has 1 heterocycles. The maximum atomic E-state index is 5.54. The van der Waals surface area contributed by atoms with Gasteiger partial charge in [-0.15, -0.1) is 0 Å². The lowest BCUT2D eigenvalue weighted by Gasteiger charge is -2.16. The first-order valence-electron chi connectivity index (χ1n) is 4.52. The SMILES string of the molecule is COCCOCC1COC(C)(C)O1. The van der Waals surface area contributed by atoms with E-state index in [1.54, 1.807) is 7.11 Å². The van der Waals surface area contributed by atoms with Crippen LogP contribution < -0.4 is 0 Å². The normalized spacial score (nSPS) is 26.5. The van der Waals surface area contributed by atoms with Crippen LogP contribution in [0.3, 0.4) is 0 Å². The molecule has 0 aromatic heterocycles. The molecule has 0 bridgehead atoms. The van der Waals surface area contributed by atoms with E-state index in [-0.39, 0.29) is 6.10 Å². The Labute approximate surface area is 79.1 Å². The first-order chi connectivity index (χ1) is 6.14. The molecule has 1 unspecified atom stereocenters. The molecule has 0 N–H and O–H groups in total. The molecule has 0 amide bonds. The summed E-state index contributed by atoms with van der Waals surface area (Å²) in [7, 11) is 1.65. The van der Waals surface area contributed by atoms with Gasteiger partial charge in [-0.1, -0.05) is 0 Å². The highest BCUT2D eigenvalue weighted by atomic mass is 16.7. The van der Waals surface area contributed by atoms with Gasteiger partial charge >= 0.3 is 0 Å². The van der Waals surface area contributed by atoms with Crippen molar-refractivity contribution in [3.05, 3.63) is 0 Å². The van der Waals surface area contributed by atoms with Crippen LogP contribution in [0.25, 0.3) is 0 Å². The molecule has 0 aliphatic carbocycles. The van der Waals surface area contributed by atoms with Crippen molar-refractivity contribution >= 4 is 0 Å². The molecule has 0 aromatic rings. The second-order valence-electron chi connectivity index (χ2n) is 3.52. The van der Waals surface area contributed by atoms with Crippen LogP contribution in [0.4, 0.5) is 0 Å². The summed E-state index contributed by atoms with van der Waals surface area (Å²) in [5.74, 6) is -0.449. The fourth-order valence-electron chi connectivity index (χ4n) is 1.20. The molecule has 1 atom stereocenters. The first kappa shape index (κ1) is 10.9. The molecule has 1 aliphatic rings. The van der Waals surface area contributed by atoms with Crippen molar-refractivity contribution in [3.8, 4) is 0 Å². The molecule has 13 heavy (non-hydrogen) atoms. The molecule has 78 valence electrons. The van der Waals surface area contributed by atoms with Gasteiger partial charge in [0, 0.05) is 7.11 Å². The Kier molecular flexibility index (Phi) is 4.12. The zero-order valence-electron chi connectivity index (χ0n) is 8.54. The lowest BCUT2D eigenvalue weighted by molar-refractivity contribution is -0.145. The smallest absolute Gasteiger partial charge is 0.163 e. The zero-order chi connectivity index (χ0) is 9.73. The van der Waals surface area contributed by atoms with E-state index in [9.17, 15) is 0 Å². The molecule has 1 rings (SSSR count). The van der Waals surface area contributed by atoms with E-state index in [0.29, 0.717) is 26.4 Å². The summed E-state index contributed by atoms with van der Waals surface area (Å²) in [4.78, 5) is 0. The van der Waals surface area contributed by atoms with E-state index in [1.807, 2.05) is 13.8 Å². The van der Waals surface area contributed by atoms with E-state index >= 15 is 0 Å². The third kappa shape index (κ3) is 4.04. The number of hydrogen-bond acceptors (Lipinski definition) is 4. The topological polar surface area (TPSA) is 36.9 Å². The van der Waals surface area contributed by atoms with Crippen LogP contribution in [0, 0.1) is 0 Å². The molecule has 1 saturated heterocycles. The molecule has 1 aliphatic heterocycles. The van der Waals surface area contributed by atoms with E-state index in [2.05, 4.69) is 0 Å². The van der Waals surface area contributed by atoms with E-state index in [0.717, 1.165) is 0 Å². The summed E-state index contributed by atoms with van der Waals surface area (Å²) in [6, 6.07) is 0. The molecule has 0 spiro atoms. The molecular formula is C9H18O4. The summed E-state index contributed by atoms with van der Waals surface area (Å²) in [5.41, 5.74) is 0. The van der Waals surface area contributed by atoms with Crippen LogP contribution in [-0.2, 0) is 18.9 Å². The van der Waals surface area contributed by atoms with Crippen molar-refractivity contribution in [1.29, 1.82) is 0 Å². The molecule has 4 heteroatoms. The van der Waals surface area contributed by atoms with Gasteiger partial charge in [-0.25, -0.2) is 0 Å². The Morgan fingerprint density at radius 1 is 1.38 bits per heavy atom. The number of methoxy groups -OCH3 is 1. The van der Waals surface area contributed by atoms with Crippen molar-refractivity contribution in [1.82, 2.24) is 0 Å².